The molecule has 3 rings (SSSR count). The zero-order valence-electron chi connectivity index (χ0n) is 14.4. The Kier molecular flexibility index (Phi) is 4.61. The van der Waals surface area contributed by atoms with Crippen LogP contribution in [-0.4, -0.2) is 17.6 Å². The molecule has 1 N–H and O–H groups in total. The molecule has 0 aliphatic carbocycles. The van der Waals surface area contributed by atoms with Crippen LogP contribution in [0.15, 0.2) is 51.7 Å². The van der Waals surface area contributed by atoms with Crippen LogP contribution in [0.5, 0.6) is 5.75 Å². The number of fused-ring (bicyclic) bond motifs is 1. The summed E-state index contributed by atoms with van der Waals surface area (Å²) in [5, 5.41) is 2.87. The first-order valence-corrected chi connectivity index (χ1v) is 8.01. The molecular formula is C19H20N2O4. The first-order valence-electron chi connectivity index (χ1n) is 8.01. The molecule has 0 fully saturated rings. The zero-order chi connectivity index (χ0) is 18.0. The Bertz CT molecular complexity index is 971. The molecule has 0 bridgehead atoms. The third-order valence-electron chi connectivity index (χ3n) is 4.23. The van der Waals surface area contributed by atoms with E-state index in [1.54, 1.807) is 32.4 Å². The third kappa shape index (κ3) is 3.57. The van der Waals surface area contributed by atoms with Crippen LogP contribution in [0, 0.1) is 0 Å². The van der Waals surface area contributed by atoms with Gasteiger partial charge in [-0.05, 0) is 41.8 Å². The van der Waals surface area contributed by atoms with Gasteiger partial charge >= 0.3 is 5.76 Å². The Morgan fingerprint density at radius 1 is 1.28 bits per heavy atom. The topological polar surface area (TPSA) is 73.5 Å². The number of carbonyl (C=O) groups excluding carboxylic acids is 1. The molecular weight excluding hydrogens is 320 g/mol. The number of amides is 1. The van der Waals surface area contributed by atoms with E-state index in [9.17, 15) is 9.59 Å². The highest BCUT2D eigenvalue weighted by atomic mass is 16.5. The van der Waals surface area contributed by atoms with Crippen LogP contribution in [-0.2, 0) is 11.8 Å². The minimum atomic E-state index is -0.426. The number of carbonyl (C=O) groups is 1. The predicted octanol–water partition coefficient (Wildman–Crippen LogP) is 3.27. The smallest absolute Gasteiger partial charge is 0.419 e. The fourth-order valence-electron chi connectivity index (χ4n) is 2.76. The van der Waals surface area contributed by atoms with Gasteiger partial charge in [-0.1, -0.05) is 19.1 Å². The fourth-order valence-corrected chi connectivity index (χ4v) is 2.76. The molecule has 0 saturated heterocycles. The fraction of sp³-hybridized carbons (Fsp3) is 0.263. The van der Waals surface area contributed by atoms with Crippen molar-refractivity contribution in [1.29, 1.82) is 0 Å². The number of rotatable bonds is 5. The summed E-state index contributed by atoms with van der Waals surface area (Å²) in [5.41, 5.74) is 2.81. The van der Waals surface area contributed by atoms with E-state index < -0.39 is 5.76 Å². The first kappa shape index (κ1) is 16.8. The maximum atomic E-state index is 12.3. The molecule has 0 radical (unpaired) electrons. The Balaban J connectivity index is 1.71. The van der Waals surface area contributed by atoms with Gasteiger partial charge in [0, 0.05) is 19.2 Å². The van der Waals surface area contributed by atoms with Crippen LogP contribution in [0.1, 0.15) is 24.8 Å². The van der Waals surface area contributed by atoms with E-state index >= 15 is 0 Å². The summed E-state index contributed by atoms with van der Waals surface area (Å²) in [6.45, 7) is 2.00. The molecule has 0 saturated carbocycles. The number of nitrogens with one attached hydrogen (secondary N) is 1. The highest BCUT2D eigenvalue weighted by Gasteiger charge is 2.13. The molecule has 1 unspecified atom stereocenters. The third-order valence-corrected chi connectivity index (χ3v) is 4.23. The number of benzene rings is 2. The van der Waals surface area contributed by atoms with Crippen molar-refractivity contribution >= 4 is 22.7 Å². The van der Waals surface area contributed by atoms with E-state index in [2.05, 4.69) is 5.32 Å². The van der Waals surface area contributed by atoms with Gasteiger partial charge in [0.15, 0.2) is 5.58 Å². The van der Waals surface area contributed by atoms with Crippen LogP contribution in [0.25, 0.3) is 11.1 Å². The minimum absolute atomic E-state index is 0.0529. The van der Waals surface area contributed by atoms with E-state index in [4.69, 9.17) is 9.15 Å². The number of methoxy groups -OCH3 is 1. The SMILES string of the molecule is COc1cccc(C(C)CC(=O)Nc2ccc3oc(=O)n(C)c3c2)c1. The number of nitrogens with zero attached hydrogens (tertiary/aromatic N) is 1. The van der Waals surface area contributed by atoms with Crippen molar-refractivity contribution in [3.05, 3.63) is 58.6 Å². The molecule has 0 aliphatic rings. The van der Waals surface area contributed by atoms with E-state index in [0.29, 0.717) is 23.2 Å². The van der Waals surface area contributed by atoms with E-state index in [-0.39, 0.29) is 11.8 Å². The number of ether oxygens (including phenoxy) is 1. The highest BCUT2D eigenvalue weighted by molar-refractivity contribution is 5.93. The average molecular weight is 340 g/mol. The number of oxazole rings is 1. The molecule has 3 aromatic rings. The summed E-state index contributed by atoms with van der Waals surface area (Å²) >= 11 is 0. The first-order chi connectivity index (χ1) is 12.0. The van der Waals surface area contributed by atoms with Gasteiger partial charge in [0.1, 0.15) is 5.75 Å². The van der Waals surface area contributed by atoms with Gasteiger partial charge in [-0.3, -0.25) is 9.36 Å². The Labute approximate surface area is 145 Å². The highest BCUT2D eigenvalue weighted by Crippen LogP contribution is 2.24. The van der Waals surface area contributed by atoms with E-state index in [0.717, 1.165) is 11.3 Å². The Hall–Kier alpha value is -3.02. The van der Waals surface area contributed by atoms with Crippen molar-refractivity contribution in [3.8, 4) is 5.75 Å². The van der Waals surface area contributed by atoms with Crippen molar-refractivity contribution < 1.29 is 13.9 Å². The summed E-state index contributed by atoms with van der Waals surface area (Å²) in [4.78, 5) is 23.9. The van der Waals surface area contributed by atoms with Gasteiger partial charge in [0.05, 0.1) is 12.6 Å². The average Bonchev–Trinajstić information content (AvgIpc) is 2.89. The van der Waals surface area contributed by atoms with Gasteiger partial charge in [0.25, 0.3) is 0 Å². The molecule has 2 aromatic carbocycles. The summed E-state index contributed by atoms with van der Waals surface area (Å²) < 4.78 is 11.7. The second-order valence-electron chi connectivity index (χ2n) is 6.04. The lowest BCUT2D eigenvalue weighted by Crippen LogP contribution is -2.14. The Morgan fingerprint density at radius 3 is 2.84 bits per heavy atom. The lowest BCUT2D eigenvalue weighted by atomic mass is 9.97. The summed E-state index contributed by atoms with van der Waals surface area (Å²) in [5.74, 6) is 0.307. The van der Waals surface area contributed by atoms with Crippen molar-refractivity contribution in [2.24, 2.45) is 7.05 Å². The van der Waals surface area contributed by atoms with Crippen LogP contribution in [0.2, 0.25) is 0 Å². The molecule has 1 atom stereocenters. The van der Waals surface area contributed by atoms with Gasteiger partial charge in [-0.25, -0.2) is 4.79 Å². The van der Waals surface area contributed by atoms with Gasteiger partial charge in [0.2, 0.25) is 5.91 Å². The molecule has 1 amide bonds. The lowest BCUT2D eigenvalue weighted by molar-refractivity contribution is -0.116. The quantitative estimate of drug-likeness (QED) is 0.773. The minimum Gasteiger partial charge on any atom is -0.497 e. The van der Waals surface area contributed by atoms with Crippen molar-refractivity contribution in [2.45, 2.75) is 19.3 Å². The largest absolute Gasteiger partial charge is 0.497 e. The van der Waals surface area contributed by atoms with Crippen molar-refractivity contribution in [2.75, 3.05) is 12.4 Å². The van der Waals surface area contributed by atoms with Crippen LogP contribution in [0.4, 0.5) is 5.69 Å². The summed E-state index contributed by atoms with van der Waals surface area (Å²) in [6.07, 6.45) is 0.343. The lowest BCUT2D eigenvalue weighted by Gasteiger charge is -2.13. The second kappa shape index (κ2) is 6.84. The molecule has 0 aliphatic heterocycles. The molecule has 0 spiro atoms. The standard InChI is InChI=1S/C19H20N2O4/c1-12(13-5-4-6-15(10-13)24-3)9-18(22)20-14-7-8-17-16(11-14)21(2)19(23)25-17/h4-8,10-12H,9H2,1-3H3,(H,20,22). The maximum Gasteiger partial charge on any atom is 0.419 e. The molecule has 130 valence electrons. The monoisotopic (exact) mass is 340 g/mol. The van der Waals surface area contributed by atoms with Crippen LogP contribution in [0.3, 0.4) is 0 Å². The predicted molar refractivity (Wildman–Crippen MR) is 96.1 cm³/mol. The zero-order valence-corrected chi connectivity index (χ0v) is 14.4. The maximum absolute atomic E-state index is 12.3. The molecule has 6 heteroatoms. The molecule has 25 heavy (non-hydrogen) atoms. The van der Waals surface area contributed by atoms with Gasteiger partial charge in [-0.15, -0.1) is 0 Å². The van der Waals surface area contributed by atoms with Gasteiger partial charge < -0.3 is 14.5 Å². The van der Waals surface area contributed by atoms with Gasteiger partial charge in [-0.2, -0.15) is 0 Å². The number of hydrogen-bond donors (Lipinski definition) is 1. The number of aryl methyl sites for hydroxylation is 1. The number of aromatic nitrogens is 1. The van der Waals surface area contributed by atoms with E-state index in [1.807, 2.05) is 31.2 Å². The number of anilines is 1. The van der Waals surface area contributed by atoms with E-state index in [1.165, 1.54) is 4.57 Å². The molecule has 6 nitrogen and oxygen atoms in total. The Morgan fingerprint density at radius 2 is 2.08 bits per heavy atom. The molecule has 1 aromatic heterocycles. The number of hydrogen-bond acceptors (Lipinski definition) is 4. The van der Waals surface area contributed by atoms with Crippen LogP contribution >= 0.6 is 0 Å². The van der Waals surface area contributed by atoms with Crippen LogP contribution < -0.4 is 15.8 Å². The molecule has 1 heterocycles. The second-order valence-corrected chi connectivity index (χ2v) is 6.04. The summed E-state index contributed by atoms with van der Waals surface area (Å²) in [6, 6.07) is 12.8. The normalized spacial score (nSPS) is 12.1. The van der Waals surface area contributed by atoms with Crippen molar-refractivity contribution in [3.63, 3.8) is 0 Å². The van der Waals surface area contributed by atoms with Crippen molar-refractivity contribution in [1.82, 2.24) is 4.57 Å². The summed E-state index contributed by atoms with van der Waals surface area (Å²) in [7, 11) is 3.25.